The zero-order valence-corrected chi connectivity index (χ0v) is 11.7. The van der Waals surface area contributed by atoms with Crippen LogP contribution in [0.1, 0.15) is 30.9 Å². The minimum Gasteiger partial charge on any atom is -0.212 e. The maximum atomic E-state index is 10.9. The van der Waals surface area contributed by atoms with Gasteiger partial charge in [0.1, 0.15) is 0 Å². The first-order chi connectivity index (χ1) is 6.79. The highest BCUT2D eigenvalue weighted by atomic mass is 79.9. The molecule has 0 aromatic heterocycles. The van der Waals surface area contributed by atoms with Crippen molar-refractivity contribution in [2.24, 2.45) is 0 Å². The number of hydrogen-bond acceptors (Lipinski definition) is 2. The molecule has 1 aromatic carbocycles. The van der Waals surface area contributed by atoms with Gasteiger partial charge in [0.15, 0.2) is 0 Å². The third-order valence-corrected chi connectivity index (χ3v) is 3.72. The van der Waals surface area contributed by atoms with Crippen LogP contribution < -0.4 is 0 Å². The van der Waals surface area contributed by atoms with Crippen molar-refractivity contribution in [2.45, 2.75) is 25.5 Å². The number of hydrogen-bond donors (Lipinski definition) is 0. The van der Waals surface area contributed by atoms with Crippen LogP contribution >= 0.6 is 26.6 Å². The molecule has 1 aromatic rings. The zero-order valence-electron chi connectivity index (χ0n) is 8.50. The third kappa shape index (κ3) is 4.13. The van der Waals surface area contributed by atoms with E-state index in [0.717, 1.165) is 10.0 Å². The maximum absolute atomic E-state index is 10.9. The Labute approximate surface area is 103 Å². The molecule has 15 heavy (non-hydrogen) atoms. The summed E-state index contributed by atoms with van der Waals surface area (Å²) >= 11 is 3.42. The van der Waals surface area contributed by atoms with E-state index in [1.54, 1.807) is 12.1 Å². The van der Waals surface area contributed by atoms with Crippen LogP contribution in [0.4, 0.5) is 0 Å². The molecule has 0 atom stereocenters. The summed E-state index contributed by atoms with van der Waals surface area (Å²) in [5.74, 6) is 0.270. The molecule has 0 amide bonds. The first-order valence-corrected chi connectivity index (χ1v) is 7.77. The summed E-state index contributed by atoms with van der Waals surface area (Å²) < 4.78 is 22.7. The Bertz CT molecular complexity index is 454. The van der Waals surface area contributed by atoms with Crippen molar-refractivity contribution < 1.29 is 8.42 Å². The van der Waals surface area contributed by atoms with Gasteiger partial charge >= 0.3 is 0 Å². The van der Waals surface area contributed by atoms with Crippen LogP contribution in [0.25, 0.3) is 0 Å². The summed E-state index contributed by atoms with van der Waals surface area (Å²) in [5.41, 5.74) is 1.85. The third-order valence-electron chi connectivity index (χ3n) is 2.03. The number of benzene rings is 1. The van der Waals surface area contributed by atoms with E-state index in [4.69, 9.17) is 10.7 Å². The van der Waals surface area contributed by atoms with E-state index in [-0.39, 0.29) is 5.75 Å². The van der Waals surface area contributed by atoms with Gasteiger partial charge in [0.2, 0.25) is 9.05 Å². The van der Waals surface area contributed by atoms with Crippen LogP contribution in [-0.4, -0.2) is 8.42 Å². The van der Waals surface area contributed by atoms with Crippen molar-refractivity contribution >= 4 is 35.7 Å². The van der Waals surface area contributed by atoms with Gasteiger partial charge < -0.3 is 0 Å². The monoisotopic (exact) mass is 310 g/mol. The second-order valence-corrected chi connectivity index (χ2v) is 7.33. The van der Waals surface area contributed by atoms with Crippen LogP contribution in [0.2, 0.25) is 0 Å². The van der Waals surface area contributed by atoms with E-state index in [1.165, 1.54) is 0 Å². The fourth-order valence-electron chi connectivity index (χ4n) is 1.33. The van der Waals surface area contributed by atoms with Gasteiger partial charge in [-0.2, -0.15) is 0 Å². The van der Waals surface area contributed by atoms with Gasteiger partial charge in [-0.15, -0.1) is 0 Å². The van der Waals surface area contributed by atoms with Crippen molar-refractivity contribution in [1.29, 1.82) is 0 Å². The Balaban J connectivity index is 3.02. The molecule has 0 spiro atoms. The lowest BCUT2D eigenvalue weighted by Crippen LogP contribution is -1.97. The summed E-state index contributed by atoms with van der Waals surface area (Å²) in [6.07, 6.45) is 0. The van der Waals surface area contributed by atoms with Crippen molar-refractivity contribution in [3.63, 3.8) is 0 Å². The molecule has 2 nitrogen and oxygen atoms in total. The minimum absolute atomic E-state index is 0.133. The summed E-state index contributed by atoms with van der Waals surface area (Å²) in [7, 11) is 1.70. The van der Waals surface area contributed by atoms with Gasteiger partial charge in [0.25, 0.3) is 0 Å². The molecule has 0 N–H and O–H groups in total. The molecule has 0 saturated carbocycles. The highest BCUT2D eigenvalue weighted by Crippen LogP contribution is 2.26. The Hall–Kier alpha value is -0.0600. The molecule has 0 radical (unpaired) electrons. The van der Waals surface area contributed by atoms with E-state index in [9.17, 15) is 8.42 Å². The molecule has 0 heterocycles. The summed E-state index contributed by atoms with van der Waals surface area (Å²) in [4.78, 5) is 0. The first-order valence-electron chi connectivity index (χ1n) is 4.50. The average Bonchev–Trinajstić information content (AvgIpc) is 1.99. The van der Waals surface area contributed by atoms with Gasteiger partial charge in [-0.05, 0) is 23.1 Å². The van der Waals surface area contributed by atoms with Crippen LogP contribution in [0.3, 0.4) is 0 Å². The normalized spacial score (nSPS) is 12.1. The predicted octanol–water partition coefficient (Wildman–Crippen LogP) is 3.64. The molecule has 0 aliphatic heterocycles. The lowest BCUT2D eigenvalue weighted by Gasteiger charge is -2.09. The SMILES string of the molecule is CC(C)c1ccc(CS(=O)(=O)Cl)cc1Br. The lowest BCUT2D eigenvalue weighted by atomic mass is 10.0. The second-order valence-electron chi connectivity index (χ2n) is 3.69. The summed E-state index contributed by atoms with van der Waals surface area (Å²) in [6.45, 7) is 4.16. The fourth-order valence-corrected chi connectivity index (χ4v) is 3.17. The van der Waals surface area contributed by atoms with Gasteiger partial charge in [-0.1, -0.05) is 41.9 Å². The highest BCUT2D eigenvalue weighted by Gasteiger charge is 2.10. The highest BCUT2D eigenvalue weighted by molar-refractivity contribution is 9.10. The zero-order chi connectivity index (χ0) is 11.6. The Kier molecular flexibility index (Phi) is 4.20. The van der Waals surface area contributed by atoms with Crippen LogP contribution in [0.15, 0.2) is 22.7 Å². The van der Waals surface area contributed by atoms with Crippen molar-refractivity contribution in [3.05, 3.63) is 33.8 Å². The average molecular weight is 312 g/mol. The molecule has 1 rings (SSSR count). The summed E-state index contributed by atoms with van der Waals surface area (Å²) in [6, 6.07) is 5.52. The molecular formula is C10H12BrClO2S. The Morgan fingerprint density at radius 1 is 1.40 bits per heavy atom. The van der Waals surface area contributed by atoms with E-state index < -0.39 is 9.05 Å². The molecule has 0 fully saturated rings. The van der Waals surface area contributed by atoms with Gasteiger partial charge in [-0.25, -0.2) is 8.42 Å². The first kappa shape index (κ1) is 13.0. The fraction of sp³-hybridized carbons (Fsp3) is 0.400. The Morgan fingerprint density at radius 2 is 2.00 bits per heavy atom. The molecule has 0 bridgehead atoms. The van der Waals surface area contributed by atoms with Crippen LogP contribution in [0.5, 0.6) is 0 Å². The van der Waals surface area contributed by atoms with Crippen LogP contribution in [0, 0.1) is 0 Å². The maximum Gasteiger partial charge on any atom is 0.236 e. The smallest absolute Gasteiger partial charge is 0.212 e. The van der Waals surface area contributed by atoms with E-state index in [1.807, 2.05) is 6.07 Å². The molecule has 5 heteroatoms. The predicted molar refractivity (Wildman–Crippen MR) is 66.7 cm³/mol. The topological polar surface area (TPSA) is 34.1 Å². The van der Waals surface area contributed by atoms with Gasteiger partial charge in [0.05, 0.1) is 5.75 Å². The lowest BCUT2D eigenvalue weighted by molar-refractivity contribution is 0.609. The van der Waals surface area contributed by atoms with Crippen molar-refractivity contribution in [2.75, 3.05) is 0 Å². The van der Waals surface area contributed by atoms with Crippen molar-refractivity contribution in [1.82, 2.24) is 0 Å². The van der Waals surface area contributed by atoms with Crippen LogP contribution in [-0.2, 0) is 14.8 Å². The standard InChI is InChI=1S/C10H12BrClO2S/c1-7(2)9-4-3-8(5-10(9)11)6-15(12,13)14/h3-5,7H,6H2,1-2H3. The molecule has 0 aliphatic carbocycles. The van der Waals surface area contributed by atoms with Gasteiger partial charge in [-0.3, -0.25) is 0 Å². The number of rotatable bonds is 3. The minimum atomic E-state index is -3.48. The number of halogens is 2. The second kappa shape index (κ2) is 4.85. The summed E-state index contributed by atoms with van der Waals surface area (Å²) in [5, 5.41) is 0. The molecule has 0 unspecified atom stereocenters. The largest absolute Gasteiger partial charge is 0.236 e. The van der Waals surface area contributed by atoms with E-state index in [2.05, 4.69) is 29.8 Å². The quantitative estimate of drug-likeness (QED) is 0.799. The molecule has 0 saturated heterocycles. The molecule has 84 valence electrons. The van der Waals surface area contributed by atoms with Gasteiger partial charge in [0, 0.05) is 15.2 Å². The van der Waals surface area contributed by atoms with Crippen molar-refractivity contribution in [3.8, 4) is 0 Å². The molecular weight excluding hydrogens is 300 g/mol. The van der Waals surface area contributed by atoms with E-state index in [0.29, 0.717) is 11.5 Å². The Morgan fingerprint density at radius 3 is 2.40 bits per heavy atom. The van der Waals surface area contributed by atoms with E-state index >= 15 is 0 Å². The molecule has 0 aliphatic rings.